The summed E-state index contributed by atoms with van der Waals surface area (Å²) in [5, 5.41) is 4.66. The molecule has 7 aromatic rings. The summed E-state index contributed by atoms with van der Waals surface area (Å²) in [7, 11) is -0.561. The molecule has 0 unspecified atom stereocenters. The average molecular weight is 536 g/mol. The maximum Gasteiger partial charge on any atom is 0.497 e. The highest BCUT2D eigenvalue weighted by Crippen LogP contribution is 2.40. The predicted molar refractivity (Wildman–Crippen MR) is 166 cm³/mol. The molecule has 1 fully saturated rings. The van der Waals surface area contributed by atoms with Crippen LogP contribution >= 0.6 is 0 Å². The van der Waals surface area contributed by atoms with E-state index in [1.165, 1.54) is 10.8 Å². The smallest absolute Gasteiger partial charge is 0.399 e. The summed E-state index contributed by atoms with van der Waals surface area (Å²) in [6, 6.07) is 27.7. The molecule has 1 saturated heterocycles. The van der Waals surface area contributed by atoms with Crippen molar-refractivity contribution in [3.8, 4) is 11.4 Å². The van der Waals surface area contributed by atoms with E-state index in [2.05, 4.69) is 126 Å². The Labute approximate surface area is 238 Å². The molecule has 3 aromatic carbocycles. The van der Waals surface area contributed by atoms with E-state index in [1.54, 1.807) is 0 Å². The van der Waals surface area contributed by atoms with Crippen molar-refractivity contribution in [2.45, 2.75) is 38.9 Å². The number of fused-ring (bicyclic) bond motifs is 6. The standard InChI is InChI=1S/C34H29BN4O2/c1-33(2)34(3,4)41-35(40-33)26-12-9-15-29(38-27-13-7-5-10-22(27)24-16-18-36-20-30(24)38)32(26)39-28-14-8-6-11-23(28)25-17-19-37-21-31(25)39/h5-21H,1-4H3. The predicted octanol–water partition coefficient (Wildman–Crippen LogP) is 6.97. The van der Waals surface area contributed by atoms with Crippen molar-refractivity contribution in [3.05, 3.63) is 104 Å². The fraction of sp³-hybridized carbons (Fsp3) is 0.176. The third-order valence-corrected chi connectivity index (χ3v) is 8.97. The molecule has 0 radical (unpaired) electrons. The highest BCUT2D eigenvalue weighted by molar-refractivity contribution is 6.63. The van der Waals surface area contributed by atoms with E-state index in [0.29, 0.717) is 0 Å². The monoisotopic (exact) mass is 536 g/mol. The van der Waals surface area contributed by atoms with E-state index in [9.17, 15) is 0 Å². The quantitative estimate of drug-likeness (QED) is 0.229. The number of rotatable bonds is 3. The van der Waals surface area contributed by atoms with Crippen molar-refractivity contribution < 1.29 is 9.31 Å². The Balaban J connectivity index is 1.54. The second-order valence-corrected chi connectivity index (χ2v) is 11.8. The van der Waals surface area contributed by atoms with Crippen molar-refractivity contribution in [2.24, 2.45) is 0 Å². The van der Waals surface area contributed by atoms with Gasteiger partial charge in [-0.15, -0.1) is 0 Å². The van der Waals surface area contributed by atoms with Gasteiger partial charge in [-0.25, -0.2) is 0 Å². The van der Waals surface area contributed by atoms with Crippen LogP contribution in [0.25, 0.3) is 55.0 Å². The summed E-state index contributed by atoms with van der Waals surface area (Å²) in [6.07, 6.45) is 7.62. The molecule has 6 nitrogen and oxygen atoms in total. The molecule has 0 bridgehead atoms. The Hall–Kier alpha value is -4.46. The van der Waals surface area contributed by atoms with Crippen LogP contribution < -0.4 is 5.46 Å². The molecular weight excluding hydrogens is 507 g/mol. The fourth-order valence-corrected chi connectivity index (χ4v) is 6.27. The lowest BCUT2D eigenvalue weighted by Crippen LogP contribution is -2.41. The maximum atomic E-state index is 6.69. The van der Waals surface area contributed by atoms with E-state index in [1.807, 2.05) is 24.8 Å². The van der Waals surface area contributed by atoms with Gasteiger partial charge in [0.2, 0.25) is 0 Å². The van der Waals surface area contributed by atoms with E-state index in [-0.39, 0.29) is 0 Å². The van der Waals surface area contributed by atoms with Crippen LogP contribution in [0.4, 0.5) is 0 Å². The van der Waals surface area contributed by atoms with Crippen LogP contribution in [0.15, 0.2) is 104 Å². The van der Waals surface area contributed by atoms with Crippen LogP contribution in [0, 0.1) is 0 Å². The molecule has 0 amide bonds. The maximum absolute atomic E-state index is 6.69. The first-order chi connectivity index (χ1) is 19.9. The molecule has 5 heterocycles. The summed E-state index contributed by atoms with van der Waals surface area (Å²) >= 11 is 0. The van der Waals surface area contributed by atoms with Crippen LogP contribution in [0.5, 0.6) is 0 Å². The summed E-state index contributed by atoms with van der Waals surface area (Å²) in [5.74, 6) is 0. The normalized spacial score (nSPS) is 16.4. The number of aromatic nitrogens is 4. The van der Waals surface area contributed by atoms with Crippen LogP contribution in [-0.4, -0.2) is 37.4 Å². The van der Waals surface area contributed by atoms with Gasteiger partial charge in [0.05, 0.1) is 57.0 Å². The van der Waals surface area contributed by atoms with Gasteiger partial charge >= 0.3 is 7.12 Å². The van der Waals surface area contributed by atoms with Crippen LogP contribution in [-0.2, 0) is 9.31 Å². The van der Waals surface area contributed by atoms with E-state index in [0.717, 1.165) is 49.7 Å². The Morgan fingerprint density at radius 3 is 1.68 bits per heavy atom. The van der Waals surface area contributed by atoms with Crippen LogP contribution in [0.1, 0.15) is 27.7 Å². The summed E-state index contributed by atoms with van der Waals surface area (Å²) in [5.41, 5.74) is 6.29. The Morgan fingerprint density at radius 2 is 1.07 bits per heavy atom. The lowest BCUT2D eigenvalue weighted by molar-refractivity contribution is 0.00578. The minimum Gasteiger partial charge on any atom is -0.399 e. The van der Waals surface area contributed by atoms with Gasteiger partial charge in [0.1, 0.15) is 0 Å². The topological polar surface area (TPSA) is 54.1 Å². The molecule has 1 aliphatic rings. The number of pyridine rings is 2. The van der Waals surface area contributed by atoms with Crippen molar-refractivity contribution in [3.63, 3.8) is 0 Å². The zero-order chi connectivity index (χ0) is 27.9. The molecular formula is C34H29BN4O2. The number of hydrogen-bond donors (Lipinski definition) is 0. The van der Waals surface area contributed by atoms with Crippen molar-refractivity contribution in [1.82, 2.24) is 19.1 Å². The summed E-state index contributed by atoms with van der Waals surface area (Å²) in [6.45, 7) is 8.39. The van der Waals surface area contributed by atoms with Crippen LogP contribution in [0.2, 0.25) is 0 Å². The number of hydrogen-bond acceptors (Lipinski definition) is 4. The minimum atomic E-state index is -0.561. The first kappa shape index (κ1) is 24.4. The Bertz CT molecular complexity index is 2020. The fourth-order valence-electron chi connectivity index (χ4n) is 6.27. The van der Waals surface area contributed by atoms with Gasteiger partial charge in [0.25, 0.3) is 0 Å². The minimum absolute atomic E-state index is 0.482. The molecule has 0 aliphatic carbocycles. The summed E-state index contributed by atoms with van der Waals surface area (Å²) in [4.78, 5) is 9.10. The van der Waals surface area contributed by atoms with E-state index < -0.39 is 18.3 Å². The molecule has 8 rings (SSSR count). The van der Waals surface area contributed by atoms with Crippen molar-refractivity contribution in [1.29, 1.82) is 0 Å². The zero-order valence-corrected chi connectivity index (χ0v) is 23.5. The SMILES string of the molecule is CC1(C)OB(c2cccc(-n3c4ccccc4c4ccncc43)c2-n2c3ccccc3c3ccncc32)OC1(C)C. The van der Waals surface area contributed by atoms with Gasteiger partial charge in [-0.1, -0.05) is 48.5 Å². The van der Waals surface area contributed by atoms with Gasteiger partial charge < -0.3 is 18.4 Å². The molecule has 0 atom stereocenters. The van der Waals surface area contributed by atoms with Gasteiger partial charge in [-0.2, -0.15) is 0 Å². The summed E-state index contributed by atoms with van der Waals surface area (Å²) < 4.78 is 18.0. The molecule has 41 heavy (non-hydrogen) atoms. The highest BCUT2D eigenvalue weighted by Gasteiger charge is 2.52. The van der Waals surface area contributed by atoms with Crippen molar-refractivity contribution in [2.75, 3.05) is 0 Å². The van der Waals surface area contributed by atoms with Gasteiger partial charge in [-0.3, -0.25) is 9.97 Å². The number of nitrogens with zero attached hydrogens (tertiary/aromatic N) is 4. The third kappa shape index (κ3) is 3.39. The molecule has 7 heteroatoms. The third-order valence-electron chi connectivity index (χ3n) is 8.97. The lowest BCUT2D eigenvalue weighted by Gasteiger charge is -2.32. The van der Waals surface area contributed by atoms with Gasteiger partial charge in [0.15, 0.2) is 0 Å². The van der Waals surface area contributed by atoms with Crippen LogP contribution in [0.3, 0.4) is 0 Å². The molecule has 4 aromatic heterocycles. The number of benzene rings is 3. The average Bonchev–Trinajstić information content (AvgIpc) is 3.57. The first-order valence-electron chi connectivity index (χ1n) is 14.0. The molecule has 200 valence electrons. The molecule has 0 N–H and O–H groups in total. The number of para-hydroxylation sites is 3. The van der Waals surface area contributed by atoms with Gasteiger partial charge in [0, 0.05) is 39.4 Å². The highest BCUT2D eigenvalue weighted by atomic mass is 16.7. The first-order valence-corrected chi connectivity index (χ1v) is 14.0. The zero-order valence-electron chi connectivity index (χ0n) is 23.5. The lowest BCUT2D eigenvalue weighted by atomic mass is 9.77. The van der Waals surface area contributed by atoms with E-state index in [4.69, 9.17) is 9.31 Å². The second-order valence-electron chi connectivity index (χ2n) is 11.8. The molecule has 0 saturated carbocycles. The largest absolute Gasteiger partial charge is 0.497 e. The van der Waals surface area contributed by atoms with Crippen molar-refractivity contribution >= 4 is 56.2 Å². The Morgan fingerprint density at radius 1 is 0.561 bits per heavy atom. The molecule has 1 aliphatic heterocycles. The molecule has 0 spiro atoms. The van der Waals surface area contributed by atoms with Gasteiger partial charge in [-0.05, 0) is 58.0 Å². The second kappa shape index (κ2) is 8.52. The Kier molecular flexibility index (Phi) is 5.06. The van der Waals surface area contributed by atoms with E-state index >= 15 is 0 Å².